The second-order valence-corrected chi connectivity index (χ2v) is 2.89. The molecule has 1 rings (SSSR count). The van der Waals surface area contributed by atoms with Crippen molar-refractivity contribution in [3.05, 3.63) is 11.4 Å². The third kappa shape index (κ3) is 2.08. The van der Waals surface area contributed by atoms with Gasteiger partial charge in [-0.2, -0.15) is 0 Å². The number of carbonyl (C=O) groups is 1. The van der Waals surface area contributed by atoms with Crippen LogP contribution in [0.25, 0.3) is 0 Å². The van der Waals surface area contributed by atoms with Crippen molar-refractivity contribution >= 4 is 5.97 Å². The summed E-state index contributed by atoms with van der Waals surface area (Å²) in [7, 11) is 0. The second-order valence-electron chi connectivity index (χ2n) is 2.89. The molecule has 0 bridgehead atoms. The van der Waals surface area contributed by atoms with Crippen molar-refractivity contribution in [2.75, 3.05) is 6.61 Å². The van der Waals surface area contributed by atoms with E-state index in [0.717, 1.165) is 6.42 Å². The van der Waals surface area contributed by atoms with Gasteiger partial charge >= 0.3 is 5.97 Å². The number of carboxylic acid groups (broad SMARTS) is 1. The molecular formula is C8H13N3O3. The lowest BCUT2D eigenvalue weighted by Crippen LogP contribution is -2.10. The van der Waals surface area contributed by atoms with Gasteiger partial charge in [0.25, 0.3) is 0 Å². The topological polar surface area (TPSA) is 88.2 Å². The highest BCUT2D eigenvalue weighted by Crippen LogP contribution is 2.08. The zero-order chi connectivity index (χ0) is 10.6. The van der Waals surface area contributed by atoms with Crippen LogP contribution in [0.5, 0.6) is 0 Å². The minimum absolute atomic E-state index is 0.0136. The standard InChI is InChI=1S/C8H13N3O3/c1-2-3-6-7(8(13)14)9-10-11(6)4-5-12/h12H,2-5H2,1H3,(H,13,14). The summed E-state index contributed by atoms with van der Waals surface area (Å²) in [5.74, 6) is -1.07. The molecule has 0 aliphatic carbocycles. The SMILES string of the molecule is CCCc1c(C(=O)O)nnn1CCO. The monoisotopic (exact) mass is 199 g/mol. The number of nitrogens with zero attached hydrogens (tertiary/aromatic N) is 3. The quantitative estimate of drug-likeness (QED) is 0.692. The molecule has 78 valence electrons. The summed E-state index contributed by atoms with van der Waals surface area (Å²) in [6, 6.07) is 0. The van der Waals surface area contributed by atoms with Crippen LogP contribution in [0, 0.1) is 0 Å². The molecule has 6 nitrogen and oxygen atoms in total. The predicted octanol–water partition coefficient (Wildman–Crippen LogP) is -0.0789. The largest absolute Gasteiger partial charge is 0.476 e. The van der Waals surface area contributed by atoms with Crippen LogP contribution in [0.15, 0.2) is 0 Å². The van der Waals surface area contributed by atoms with Crippen LogP contribution >= 0.6 is 0 Å². The molecule has 2 N–H and O–H groups in total. The van der Waals surface area contributed by atoms with E-state index in [1.54, 1.807) is 0 Å². The van der Waals surface area contributed by atoms with Crippen molar-refractivity contribution in [1.82, 2.24) is 15.0 Å². The number of aromatic nitrogens is 3. The van der Waals surface area contributed by atoms with Crippen molar-refractivity contribution in [2.45, 2.75) is 26.3 Å². The molecule has 1 aromatic rings. The van der Waals surface area contributed by atoms with E-state index in [1.165, 1.54) is 4.68 Å². The van der Waals surface area contributed by atoms with Gasteiger partial charge in [-0.1, -0.05) is 18.6 Å². The first-order chi connectivity index (χ1) is 6.70. The first-order valence-electron chi connectivity index (χ1n) is 4.47. The molecule has 0 unspecified atom stereocenters. The third-order valence-corrected chi connectivity index (χ3v) is 1.84. The Morgan fingerprint density at radius 2 is 2.29 bits per heavy atom. The maximum atomic E-state index is 10.7. The third-order valence-electron chi connectivity index (χ3n) is 1.84. The van der Waals surface area contributed by atoms with Crippen molar-refractivity contribution in [2.24, 2.45) is 0 Å². The van der Waals surface area contributed by atoms with Gasteiger partial charge in [-0.25, -0.2) is 9.48 Å². The minimum atomic E-state index is -1.07. The highest BCUT2D eigenvalue weighted by atomic mass is 16.4. The number of carboxylic acids is 1. The molecule has 6 heteroatoms. The summed E-state index contributed by atoms with van der Waals surface area (Å²) < 4.78 is 1.44. The van der Waals surface area contributed by atoms with Gasteiger partial charge in [0.15, 0.2) is 5.69 Å². The molecule has 14 heavy (non-hydrogen) atoms. The Balaban J connectivity index is 3.00. The summed E-state index contributed by atoms with van der Waals surface area (Å²) in [6.07, 6.45) is 1.42. The number of aliphatic hydroxyl groups is 1. The van der Waals surface area contributed by atoms with E-state index < -0.39 is 5.97 Å². The maximum Gasteiger partial charge on any atom is 0.358 e. The van der Waals surface area contributed by atoms with Gasteiger partial charge in [0.2, 0.25) is 0 Å². The van der Waals surface area contributed by atoms with Crippen molar-refractivity contribution in [3.63, 3.8) is 0 Å². The molecule has 0 spiro atoms. The fraction of sp³-hybridized carbons (Fsp3) is 0.625. The Hall–Kier alpha value is -1.43. The Morgan fingerprint density at radius 3 is 2.79 bits per heavy atom. The Morgan fingerprint density at radius 1 is 1.57 bits per heavy atom. The lowest BCUT2D eigenvalue weighted by atomic mass is 10.2. The molecule has 1 aromatic heterocycles. The van der Waals surface area contributed by atoms with E-state index in [4.69, 9.17) is 10.2 Å². The molecule has 0 aliphatic heterocycles. The molecule has 0 amide bonds. The maximum absolute atomic E-state index is 10.7. The van der Waals surface area contributed by atoms with Gasteiger partial charge in [-0.05, 0) is 6.42 Å². The Labute approximate surface area is 81.2 Å². The van der Waals surface area contributed by atoms with Crippen LogP contribution in [0.2, 0.25) is 0 Å². The fourth-order valence-corrected chi connectivity index (χ4v) is 1.26. The van der Waals surface area contributed by atoms with Gasteiger partial charge in [-0.15, -0.1) is 5.10 Å². The predicted molar refractivity (Wildman–Crippen MR) is 48.1 cm³/mol. The summed E-state index contributed by atoms with van der Waals surface area (Å²) >= 11 is 0. The molecule has 0 radical (unpaired) electrons. The normalized spacial score (nSPS) is 10.4. The highest BCUT2D eigenvalue weighted by molar-refractivity contribution is 5.86. The first-order valence-corrected chi connectivity index (χ1v) is 4.47. The Kier molecular flexibility index (Phi) is 3.58. The first kappa shape index (κ1) is 10.6. The summed E-state index contributed by atoms with van der Waals surface area (Å²) in [5, 5.41) is 24.7. The van der Waals surface area contributed by atoms with Gasteiger partial charge in [-0.3, -0.25) is 0 Å². The van der Waals surface area contributed by atoms with Crippen LogP contribution in [-0.4, -0.2) is 37.8 Å². The number of hydrogen-bond acceptors (Lipinski definition) is 4. The average molecular weight is 199 g/mol. The van der Waals surface area contributed by atoms with E-state index in [-0.39, 0.29) is 18.8 Å². The van der Waals surface area contributed by atoms with E-state index in [1.807, 2.05) is 6.92 Å². The number of rotatable bonds is 5. The summed E-state index contributed by atoms with van der Waals surface area (Å²) in [6.45, 7) is 2.16. The highest BCUT2D eigenvalue weighted by Gasteiger charge is 2.17. The Bertz CT molecular complexity index is 322. The lowest BCUT2D eigenvalue weighted by molar-refractivity contribution is 0.0689. The number of aliphatic hydroxyl groups excluding tert-OH is 1. The van der Waals surface area contributed by atoms with Gasteiger partial charge < -0.3 is 10.2 Å². The van der Waals surface area contributed by atoms with Gasteiger partial charge in [0.05, 0.1) is 18.8 Å². The summed E-state index contributed by atoms with van der Waals surface area (Å²) in [4.78, 5) is 10.7. The van der Waals surface area contributed by atoms with Crippen LogP contribution in [0.4, 0.5) is 0 Å². The second kappa shape index (κ2) is 4.71. The van der Waals surface area contributed by atoms with Crippen molar-refractivity contribution < 1.29 is 15.0 Å². The van der Waals surface area contributed by atoms with Crippen molar-refractivity contribution in [3.8, 4) is 0 Å². The fourth-order valence-electron chi connectivity index (χ4n) is 1.26. The van der Waals surface area contributed by atoms with Crippen LogP contribution < -0.4 is 0 Å². The molecule has 0 aliphatic rings. The molecule has 1 heterocycles. The smallest absolute Gasteiger partial charge is 0.358 e. The molecule has 0 atom stereocenters. The van der Waals surface area contributed by atoms with Crippen LogP contribution in [-0.2, 0) is 13.0 Å². The molecular weight excluding hydrogens is 186 g/mol. The van der Waals surface area contributed by atoms with Crippen molar-refractivity contribution in [1.29, 1.82) is 0 Å². The number of hydrogen-bond donors (Lipinski definition) is 2. The van der Waals surface area contributed by atoms with Gasteiger partial charge in [0.1, 0.15) is 0 Å². The minimum Gasteiger partial charge on any atom is -0.476 e. The van der Waals surface area contributed by atoms with Crippen LogP contribution in [0.3, 0.4) is 0 Å². The molecule has 0 saturated carbocycles. The number of aromatic carboxylic acids is 1. The zero-order valence-electron chi connectivity index (χ0n) is 7.97. The average Bonchev–Trinajstić information content (AvgIpc) is 2.50. The molecule has 0 saturated heterocycles. The summed E-state index contributed by atoms with van der Waals surface area (Å²) in [5.41, 5.74) is 0.564. The lowest BCUT2D eigenvalue weighted by Gasteiger charge is -2.02. The molecule has 0 fully saturated rings. The van der Waals surface area contributed by atoms with Gasteiger partial charge in [0, 0.05) is 0 Å². The van der Waals surface area contributed by atoms with E-state index in [9.17, 15) is 4.79 Å². The van der Waals surface area contributed by atoms with Crippen LogP contribution in [0.1, 0.15) is 29.5 Å². The van der Waals surface area contributed by atoms with E-state index in [0.29, 0.717) is 12.1 Å². The zero-order valence-corrected chi connectivity index (χ0v) is 7.97. The molecule has 0 aromatic carbocycles. The van der Waals surface area contributed by atoms with E-state index in [2.05, 4.69) is 10.3 Å². The van der Waals surface area contributed by atoms with E-state index >= 15 is 0 Å².